The molecule has 0 amide bonds. The molecular formula is C14H20Cl2N2O3S. The maximum Gasteiger partial charge on any atom is 0.244 e. The number of sulfonamides is 1. The molecule has 0 spiro atoms. The van der Waals surface area contributed by atoms with Crippen LogP contribution in [0.2, 0.25) is 5.02 Å². The first-order chi connectivity index (χ1) is 9.98. The Morgan fingerprint density at radius 3 is 2.50 bits per heavy atom. The topological polar surface area (TPSA) is 67.4 Å². The lowest BCUT2D eigenvalue weighted by molar-refractivity contribution is 0.344. The molecule has 2 bridgehead atoms. The highest BCUT2D eigenvalue weighted by atomic mass is 35.5. The highest BCUT2D eigenvalue weighted by Crippen LogP contribution is 2.30. The molecule has 2 heterocycles. The van der Waals surface area contributed by atoms with E-state index in [-0.39, 0.29) is 23.3 Å². The number of rotatable bonds is 4. The van der Waals surface area contributed by atoms with E-state index in [0.717, 1.165) is 25.7 Å². The second kappa shape index (κ2) is 6.93. The minimum atomic E-state index is -3.63. The summed E-state index contributed by atoms with van der Waals surface area (Å²) in [6.45, 7) is 0. The molecule has 5 nitrogen and oxygen atoms in total. The molecule has 2 N–H and O–H groups in total. The SMILES string of the molecule is COc1ccc(Cl)cc1S(=O)(=O)NC1CC2CCC(C1)N2.Cl. The average molecular weight is 367 g/mol. The van der Waals surface area contributed by atoms with Gasteiger partial charge in [0.1, 0.15) is 10.6 Å². The quantitative estimate of drug-likeness (QED) is 0.857. The number of piperidine rings is 1. The van der Waals surface area contributed by atoms with Gasteiger partial charge in [-0.15, -0.1) is 12.4 Å². The number of hydrogen-bond donors (Lipinski definition) is 2. The van der Waals surface area contributed by atoms with Crippen molar-refractivity contribution in [3.63, 3.8) is 0 Å². The molecule has 0 aromatic heterocycles. The molecule has 0 aliphatic carbocycles. The summed E-state index contributed by atoms with van der Waals surface area (Å²) in [6, 6.07) is 5.44. The molecule has 3 rings (SSSR count). The van der Waals surface area contributed by atoms with Crippen molar-refractivity contribution in [2.75, 3.05) is 7.11 Å². The van der Waals surface area contributed by atoms with Gasteiger partial charge in [-0.1, -0.05) is 11.6 Å². The molecule has 2 fully saturated rings. The van der Waals surface area contributed by atoms with E-state index in [1.165, 1.54) is 13.2 Å². The van der Waals surface area contributed by atoms with Gasteiger partial charge in [-0.05, 0) is 43.9 Å². The van der Waals surface area contributed by atoms with Crippen LogP contribution in [0.25, 0.3) is 0 Å². The van der Waals surface area contributed by atoms with E-state index in [1.54, 1.807) is 12.1 Å². The normalized spacial score (nSPS) is 27.3. The van der Waals surface area contributed by atoms with Gasteiger partial charge >= 0.3 is 0 Å². The van der Waals surface area contributed by atoms with E-state index in [1.807, 2.05) is 0 Å². The Morgan fingerprint density at radius 1 is 1.27 bits per heavy atom. The second-order valence-corrected chi connectivity index (χ2v) is 7.84. The maximum atomic E-state index is 12.6. The molecule has 2 aliphatic rings. The average Bonchev–Trinajstić information content (AvgIpc) is 2.77. The zero-order valence-electron chi connectivity index (χ0n) is 12.2. The van der Waals surface area contributed by atoms with Crippen molar-refractivity contribution >= 4 is 34.0 Å². The van der Waals surface area contributed by atoms with Gasteiger partial charge in [0, 0.05) is 23.1 Å². The number of hydrogen-bond acceptors (Lipinski definition) is 4. The van der Waals surface area contributed by atoms with Crippen molar-refractivity contribution in [2.45, 2.75) is 48.7 Å². The summed E-state index contributed by atoms with van der Waals surface area (Å²) in [5, 5.41) is 3.87. The monoisotopic (exact) mass is 366 g/mol. The van der Waals surface area contributed by atoms with Gasteiger partial charge in [0.2, 0.25) is 10.0 Å². The Balaban J connectivity index is 0.00000176. The minimum Gasteiger partial charge on any atom is -0.495 e. The molecule has 0 radical (unpaired) electrons. The number of methoxy groups -OCH3 is 1. The van der Waals surface area contributed by atoms with E-state index in [2.05, 4.69) is 10.0 Å². The molecule has 8 heteroatoms. The highest BCUT2D eigenvalue weighted by molar-refractivity contribution is 7.89. The molecule has 2 aliphatic heterocycles. The fourth-order valence-electron chi connectivity index (χ4n) is 3.30. The largest absolute Gasteiger partial charge is 0.495 e. The van der Waals surface area contributed by atoms with E-state index < -0.39 is 10.0 Å². The first-order valence-electron chi connectivity index (χ1n) is 7.10. The van der Waals surface area contributed by atoms with E-state index in [0.29, 0.717) is 22.9 Å². The van der Waals surface area contributed by atoms with Gasteiger partial charge in [-0.3, -0.25) is 0 Å². The lowest BCUT2D eigenvalue weighted by Gasteiger charge is -2.29. The van der Waals surface area contributed by atoms with Crippen LogP contribution in [0.15, 0.2) is 23.1 Å². The molecule has 2 atom stereocenters. The molecule has 0 saturated carbocycles. The van der Waals surface area contributed by atoms with Crippen molar-refractivity contribution in [1.29, 1.82) is 0 Å². The van der Waals surface area contributed by atoms with Gasteiger partial charge in [0.05, 0.1) is 7.11 Å². The predicted molar refractivity (Wildman–Crippen MR) is 88.5 cm³/mol. The lowest BCUT2D eigenvalue weighted by Crippen LogP contribution is -2.47. The summed E-state index contributed by atoms with van der Waals surface area (Å²) >= 11 is 5.92. The van der Waals surface area contributed by atoms with Crippen molar-refractivity contribution in [3.05, 3.63) is 23.2 Å². The molecule has 2 saturated heterocycles. The number of ether oxygens (including phenoxy) is 1. The first kappa shape index (κ1) is 17.8. The molecule has 2 unspecified atom stereocenters. The van der Waals surface area contributed by atoms with Crippen LogP contribution >= 0.6 is 24.0 Å². The van der Waals surface area contributed by atoms with Gasteiger partial charge in [-0.25, -0.2) is 13.1 Å². The smallest absolute Gasteiger partial charge is 0.244 e. The lowest BCUT2D eigenvalue weighted by atomic mass is 10.0. The van der Waals surface area contributed by atoms with Crippen LogP contribution in [0.5, 0.6) is 5.75 Å². The Labute approximate surface area is 142 Å². The standard InChI is InChI=1S/C14H19ClN2O3S.ClH/c1-20-13-5-2-9(15)6-14(13)21(18,19)17-12-7-10-3-4-11(8-12)16-10;/h2,5-6,10-12,16-17H,3-4,7-8H2,1H3;1H. The number of nitrogens with one attached hydrogen (secondary N) is 2. The molecular weight excluding hydrogens is 347 g/mol. The summed E-state index contributed by atoms with van der Waals surface area (Å²) in [4.78, 5) is 0.100. The third-order valence-corrected chi connectivity index (χ3v) is 5.99. The minimum absolute atomic E-state index is 0. The summed E-state index contributed by atoms with van der Waals surface area (Å²) in [6.07, 6.45) is 3.92. The third-order valence-electron chi connectivity index (χ3n) is 4.21. The molecule has 1 aromatic rings. The van der Waals surface area contributed by atoms with Crippen LogP contribution in [0.3, 0.4) is 0 Å². The summed E-state index contributed by atoms with van der Waals surface area (Å²) in [7, 11) is -2.18. The van der Waals surface area contributed by atoms with Crippen molar-refractivity contribution in [2.24, 2.45) is 0 Å². The first-order valence-corrected chi connectivity index (χ1v) is 8.96. The Bertz CT molecular complexity index is 627. The Kier molecular flexibility index (Phi) is 5.61. The zero-order chi connectivity index (χ0) is 15.0. The van der Waals surface area contributed by atoms with Crippen LogP contribution in [0.1, 0.15) is 25.7 Å². The van der Waals surface area contributed by atoms with Crippen molar-refractivity contribution < 1.29 is 13.2 Å². The van der Waals surface area contributed by atoms with Crippen molar-refractivity contribution in [3.8, 4) is 5.75 Å². The Morgan fingerprint density at radius 2 is 1.91 bits per heavy atom. The molecule has 124 valence electrons. The summed E-state index contributed by atoms with van der Waals surface area (Å²) in [5.41, 5.74) is 0. The highest BCUT2D eigenvalue weighted by Gasteiger charge is 2.35. The van der Waals surface area contributed by atoms with E-state index >= 15 is 0 Å². The third kappa shape index (κ3) is 3.68. The summed E-state index contributed by atoms with van der Waals surface area (Å²) in [5.74, 6) is 0.309. The van der Waals surface area contributed by atoms with Gasteiger partial charge in [-0.2, -0.15) is 0 Å². The maximum absolute atomic E-state index is 12.6. The number of halogens is 2. The fourth-order valence-corrected chi connectivity index (χ4v) is 4.99. The summed E-state index contributed by atoms with van der Waals surface area (Å²) < 4.78 is 33.1. The predicted octanol–water partition coefficient (Wildman–Crippen LogP) is 2.33. The fraction of sp³-hybridized carbons (Fsp3) is 0.571. The van der Waals surface area contributed by atoms with Gasteiger partial charge in [0.15, 0.2) is 0 Å². The van der Waals surface area contributed by atoms with Crippen molar-refractivity contribution in [1.82, 2.24) is 10.0 Å². The van der Waals surface area contributed by atoms with Crippen LogP contribution in [-0.4, -0.2) is 33.7 Å². The van der Waals surface area contributed by atoms with Crippen LogP contribution in [0, 0.1) is 0 Å². The number of benzene rings is 1. The molecule has 1 aromatic carbocycles. The van der Waals surface area contributed by atoms with E-state index in [9.17, 15) is 8.42 Å². The zero-order valence-corrected chi connectivity index (χ0v) is 14.6. The second-order valence-electron chi connectivity index (χ2n) is 5.72. The van der Waals surface area contributed by atoms with Crippen LogP contribution in [0.4, 0.5) is 0 Å². The van der Waals surface area contributed by atoms with Gasteiger partial charge < -0.3 is 10.1 Å². The number of fused-ring (bicyclic) bond motifs is 2. The van der Waals surface area contributed by atoms with Crippen LogP contribution in [-0.2, 0) is 10.0 Å². The molecule has 22 heavy (non-hydrogen) atoms. The van der Waals surface area contributed by atoms with Crippen LogP contribution < -0.4 is 14.8 Å². The van der Waals surface area contributed by atoms with Gasteiger partial charge in [0.25, 0.3) is 0 Å². The Hall–Kier alpha value is -0.530. The van der Waals surface area contributed by atoms with E-state index in [4.69, 9.17) is 16.3 Å².